The molecule has 6 nitrogen and oxygen atoms in total. The maximum absolute atomic E-state index is 11.6. The van der Waals surface area contributed by atoms with Gasteiger partial charge in [-0.3, -0.25) is 4.79 Å². The van der Waals surface area contributed by atoms with Crippen molar-refractivity contribution < 1.29 is 13.2 Å². The van der Waals surface area contributed by atoms with Gasteiger partial charge in [-0.1, -0.05) is 19.1 Å². The van der Waals surface area contributed by atoms with Crippen LogP contribution in [0.2, 0.25) is 0 Å². The number of hydrogen-bond acceptors (Lipinski definition) is 5. The second kappa shape index (κ2) is 11.7. The van der Waals surface area contributed by atoms with Crippen molar-refractivity contribution in [1.29, 1.82) is 0 Å². The topological polar surface area (TPSA) is 69.7 Å². The number of hydrogen-bond donors (Lipinski definition) is 1. The Morgan fingerprint density at radius 3 is 2.52 bits per heavy atom. The molecule has 1 amide bonds. The van der Waals surface area contributed by atoms with Gasteiger partial charge in [0.15, 0.2) is 9.84 Å². The normalized spacial score (nSPS) is 17.2. The molecule has 0 aromatic heterocycles. The Hall–Kier alpha value is -1.44. The van der Waals surface area contributed by atoms with Crippen LogP contribution in [0.5, 0.6) is 0 Å². The Labute approximate surface area is 176 Å². The van der Waals surface area contributed by atoms with Gasteiger partial charge in [0, 0.05) is 38.4 Å². The van der Waals surface area contributed by atoms with Crippen LogP contribution < -0.4 is 5.32 Å². The Morgan fingerprint density at radius 1 is 1.14 bits per heavy atom. The summed E-state index contributed by atoms with van der Waals surface area (Å²) in [6.45, 7) is 10.2. The highest BCUT2D eigenvalue weighted by Gasteiger charge is 2.16. The van der Waals surface area contributed by atoms with Crippen molar-refractivity contribution in [3.63, 3.8) is 0 Å². The van der Waals surface area contributed by atoms with Crippen LogP contribution in [0, 0.1) is 0 Å². The SMILES string of the molecule is CCCN(CCCCN1CCNC(=O)CC1)[C@@H](C)Cc1ccc(S(C)(=O)=O)cc1. The molecule has 1 atom stereocenters. The second-order valence-corrected chi connectivity index (χ2v) is 10.2. The van der Waals surface area contributed by atoms with Gasteiger partial charge in [-0.2, -0.15) is 0 Å². The Kier molecular flexibility index (Phi) is 9.59. The summed E-state index contributed by atoms with van der Waals surface area (Å²) in [5.41, 5.74) is 1.17. The zero-order chi connectivity index (χ0) is 21.3. The highest BCUT2D eigenvalue weighted by molar-refractivity contribution is 7.90. The predicted molar refractivity (Wildman–Crippen MR) is 118 cm³/mol. The predicted octanol–water partition coefficient (Wildman–Crippen LogP) is 2.34. The molecular formula is C22H37N3O3S. The van der Waals surface area contributed by atoms with Crippen LogP contribution in [-0.2, 0) is 21.1 Å². The third kappa shape index (κ3) is 8.44. The first kappa shape index (κ1) is 23.8. The van der Waals surface area contributed by atoms with E-state index in [-0.39, 0.29) is 5.91 Å². The maximum Gasteiger partial charge on any atom is 0.221 e. The van der Waals surface area contributed by atoms with Gasteiger partial charge in [0.1, 0.15) is 0 Å². The molecular weight excluding hydrogens is 386 g/mol. The average molecular weight is 424 g/mol. The average Bonchev–Trinajstić information content (AvgIpc) is 2.88. The van der Waals surface area contributed by atoms with E-state index in [4.69, 9.17) is 0 Å². The first-order chi connectivity index (χ1) is 13.8. The van der Waals surface area contributed by atoms with E-state index < -0.39 is 9.84 Å². The summed E-state index contributed by atoms with van der Waals surface area (Å²) < 4.78 is 23.2. The fourth-order valence-corrected chi connectivity index (χ4v) is 4.50. The van der Waals surface area contributed by atoms with Crippen LogP contribution in [0.1, 0.15) is 45.1 Å². The minimum absolute atomic E-state index is 0.167. The molecule has 1 saturated heterocycles. The van der Waals surface area contributed by atoms with E-state index in [1.807, 2.05) is 12.1 Å². The van der Waals surface area contributed by atoms with Crippen molar-refractivity contribution >= 4 is 15.7 Å². The van der Waals surface area contributed by atoms with Crippen LogP contribution >= 0.6 is 0 Å². The van der Waals surface area contributed by atoms with Gasteiger partial charge in [0.05, 0.1) is 4.90 Å². The van der Waals surface area contributed by atoms with Crippen LogP contribution in [0.25, 0.3) is 0 Å². The van der Waals surface area contributed by atoms with Gasteiger partial charge < -0.3 is 15.1 Å². The lowest BCUT2D eigenvalue weighted by atomic mass is 10.1. The highest BCUT2D eigenvalue weighted by atomic mass is 32.2. The van der Waals surface area contributed by atoms with E-state index in [0.717, 1.165) is 65.0 Å². The lowest BCUT2D eigenvalue weighted by molar-refractivity contribution is -0.120. The summed E-state index contributed by atoms with van der Waals surface area (Å²) in [6, 6.07) is 7.71. The number of sulfone groups is 1. The molecule has 0 spiro atoms. The minimum Gasteiger partial charge on any atom is -0.355 e. The van der Waals surface area contributed by atoms with Gasteiger partial charge in [-0.25, -0.2) is 8.42 Å². The van der Waals surface area contributed by atoms with Gasteiger partial charge in [0.2, 0.25) is 5.91 Å². The molecule has 0 unspecified atom stereocenters. The second-order valence-electron chi connectivity index (χ2n) is 8.15. The van der Waals surface area contributed by atoms with Gasteiger partial charge in [-0.05, 0) is 69.9 Å². The number of rotatable bonds is 11. The summed E-state index contributed by atoms with van der Waals surface area (Å²) in [7, 11) is -3.14. The van der Waals surface area contributed by atoms with E-state index in [2.05, 4.69) is 29.0 Å². The summed E-state index contributed by atoms with van der Waals surface area (Å²) in [4.78, 5) is 16.7. The van der Waals surface area contributed by atoms with E-state index in [0.29, 0.717) is 17.4 Å². The smallest absolute Gasteiger partial charge is 0.221 e. The molecule has 7 heteroatoms. The zero-order valence-corrected chi connectivity index (χ0v) is 19.0. The Balaban J connectivity index is 1.79. The lowest BCUT2D eigenvalue weighted by Crippen LogP contribution is -2.36. The first-order valence-corrected chi connectivity index (χ1v) is 12.7. The summed E-state index contributed by atoms with van der Waals surface area (Å²) in [5.74, 6) is 0.167. The van der Waals surface area contributed by atoms with Crippen LogP contribution in [0.4, 0.5) is 0 Å². The number of benzene rings is 1. The van der Waals surface area contributed by atoms with E-state index in [1.165, 1.54) is 11.8 Å². The molecule has 1 N–H and O–H groups in total. The van der Waals surface area contributed by atoms with Crippen LogP contribution in [0.15, 0.2) is 29.2 Å². The summed E-state index contributed by atoms with van der Waals surface area (Å²) >= 11 is 0. The van der Waals surface area contributed by atoms with Crippen molar-refractivity contribution in [3.05, 3.63) is 29.8 Å². The molecule has 2 rings (SSSR count). The van der Waals surface area contributed by atoms with E-state index >= 15 is 0 Å². The van der Waals surface area contributed by atoms with Gasteiger partial charge >= 0.3 is 0 Å². The molecule has 1 fully saturated rings. The zero-order valence-electron chi connectivity index (χ0n) is 18.2. The molecule has 0 saturated carbocycles. The molecule has 1 aliphatic heterocycles. The van der Waals surface area contributed by atoms with Crippen molar-refractivity contribution in [3.8, 4) is 0 Å². The van der Waals surface area contributed by atoms with Crippen molar-refractivity contribution in [1.82, 2.24) is 15.1 Å². The monoisotopic (exact) mass is 423 g/mol. The van der Waals surface area contributed by atoms with E-state index in [1.54, 1.807) is 12.1 Å². The molecule has 0 radical (unpaired) electrons. The first-order valence-electron chi connectivity index (χ1n) is 10.8. The number of amides is 1. The molecule has 29 heavy (non-hydrogen) atoms. The number of carbonyl (C=O) groups is 1. The van der Waals surface area contributed by atoms with Crippen LogP contribution in [0.3, 0.4) is 0 Å². The molecule has 0 aliphatic carbocycles. The fraction of sp³-hybridized carbons (Fsp3) is 0.682. The van der Waals surface area contributed by atoms with Crippen molar-refractivity contribution in [2.24, 2.45) is 0 Å². The molecule has 164 valence electrons. The maximum atomic E-state index is 11.6. The lowest BCUT2D eigenvalue weighted by Gasteiger charge is -2.29. The molecule has 1 aromatic rings. The number of unbranched alkanes of at least 4 members (excludes halogenated alkanes) is 1. The quantitative estimate of drug-likeness (QED) is 0.553. The molecule has 1 aliphatic rings. The Bertz CT molecular complexity index is 734. The van der Waals surface area contributed by atoms with Crippen molar-refractivity contribution in [2.45, 2.75) is 56.9 Å². The van der Waals surface area contributed by atoms with Gasteiger partial charge in [0.25, 0.3) is 0 Å². The van der Waals surface area contributed by atoms with Crippen molar-refractivity contribution in [2.75, 3.05) is 45.5 Å². The third-order valence-corrected chi connectivity index (χ3v) is 6.72. The van der Waals surface area contributed by atoms with Crippen LogP contribution in [-0.4, -0.2) is 75.7 Å². The molecule has 1 heterocycles. The molecule has 1 aromatic carbocycles. The summed E-state index contributed by atoms with van der Waals surface area (Å²) in [5, 5.41) is 2.93. The largest absolute Gasteiger partial charge is 0.355 e. The third-order valence-electron chi connectivity index (χ3n) is 5.59. The summed E-state index contributed by atoms with van der Waals surface area (Å²) in [6.07, 6.45) is 6.19. The Morgan fingerprint density at radius 2 is 1.86 bits per heavy atom. The fourth-order valence-electron chi connectivity index (χ4n) is 3.87. The number of carbonyl (C=O) groups excluding carboxylic acids is 1. The highest BCUT2D eigenvalue weighted by Crippen LogP contribution is 2.15. The number of nitrogens with zero attached hydrogens (tertiary/aromatic N) is 2. The minimum atomic E-state index is -3.14. The standard InChI is InChI=1S/C22H37N3O3S/c1-4-13-25(15-6-5-14-24-16-11-22(26)23-12-17-24)19(2)18-20-7-9-21(10-8-20)29(3,27)28/h7-10,19H,4-6,11-18H2,1-3H3,(H,23,26)/t19-/m0/s1. The number of nitrogens with one attached hydrogen (secondary N) is 1. The van der Waals surface area contributed by atoms with E-state index in [9.17, 15) is 13.2 Å². The van der Waals surface area contributed by atoms with Gasteiger partial charge in [-0.15, -0.1) is 0 Å². The molecule has 0 bridgehead atoms.